The molecule has 1 aromatic carbocycles. The predicted molar refractivity (Wildman–Crippen MR) is 84.2 cm³/mol. The van der Waals surface area contributed by atoms with Gasteiger partial charge in [-0.3, -0.25) is 9.59 Å². The molecule has 0 N–H and O–H groups in total. The van der Waals surface area contributed by atoms with E-state index in [-0.39, 0.29) is 24.8 Å². The summed E-state index contributed by atoms with van der Waals surface area (Å²) in [7, 11) is 1.51. The highest BCUT2D eigenvalue weighted by molar-refractivity contribution is 6.30. The van der Waals surface area contributed by atoms with E-state index in [1.54, 1.807) is 29.9 Å². The molecular weight excluding hydrogens is 320 g/mol. The first kappa shape index (κ1) is 17.0. The second-order valence-electron chi connectivity index (χ2n) is 4.89. The first-order valence-electron chi connectivity index (χ1n) is 7.05. The van der Waals surface area contributed by atoms with E-state index < -0.39 is 5.97 Å². The molecule has 1 aromatic heterocycles. The van der Waals surface area contributed by atoms with Crippen molar-refractivity contribution in [2.24, 2.45) is 0 Å². The monoisotopic (exact) mass is 336 g/mol. The lowest BCUT2D eigenvalue weighted by molar-refractivity contribution is -0.143. The van der Waals surface area contributed by atoms with Crippen LogP contribution in [-0.2, 0) is 16.1 Å². The van der Waals surface area contributed by atoms with Crippen LogP contribution < -0.4 is 0 Å². The molecule has 7 nitrogen and oxygen atoms in total. The summed E-state index contributed by atoms with van der Waals surface area (Å²) in [6, 6.07) is 7.32. The van der Waals surface area contributed by atoms with Gasteiger partial charge in [0.1, 0.15) is 6.54 Å². The number of hydrogen-bond acceptors (Lipinski definition) is 5. The van der Waals surface area contributed by atoms with Gasteiger partial charge in [0, 0.05) is 12.1 Å². The molecule has 1 heterocycles. The Kier molecular flexibility index (Phi) is 5.70. The highest BCUT2D eigenvalue weighted by Crippen LogP contribution is 2.10. The van der Waals surface area contributed by atoms with Crippen LogP contribution in [0.15, 0.2) is 30.5 Å². The summed E-state index contributed by atoms with van der Waals surface area (Å²) < 4.78 is 6.36. The maximum Gasteiger partial charge on any atom is 0.325 e. The second-order valence-corrected chi connectivity index (χ2v) is 5.33. The van der Waals surface area contributed by atoms with Gasteiger partial charge in [-0.15, -0.1) is 5.10 Å². The molecule has 0 aliphatic carbocycles. The van der Waals surface area contributed by atoms with Crippen LogP contribution in [0.4, 0.5) is 0 Å². The van der Waals surface area contributed by atoms with Gasteiger partial charge >= 0.3 is 5.97 Å². The second kappa shape index (κ2) is 7.73. The molecular formula is C15H17ClN4O3. The molecule has 122 valence electrons. The Morgan fingerprint density at radius 2 is 2.00 bits per heavy atom. The molecule has 0 saturated heterocycles. The number of esters is 1. The summed E-state index contributed by atoms with van der Waals surface area (Å²) in [4.78, 5) is 24.8. The smallest absolute Gasteiger partial charge is 0.325 e. The van der Waals surface area contributed by atoms with E-state index in [1.165, 1.54) is 11.9 Å². The van der Waals surface area contributed by atoms with Gasteiger partial charge in [0.05, 0.1) is 19.3 Å². The van der Waals surface area contributed by atoms with Crippen LogP contribution in [0.5, 0.6) is 0 Å². The van der Waals surface area contributed by atoms with Gasteiger partial charge in [0.15, 0.2) is 5.69 Å². The van der Waals surface area contributed by atoms with Crippen molar-refractivity contribution in [1.29, 1.82) is 0 Å². The van der Waals surface area contributed by atoms with Crippen molar-refractivity contribution in [2.45, 2.75) is 13.5 Å². The number of nitrogens with zero attached hydrogens (tertiary/aromatic N) is 4. The Labute approximate surface area is 138 Å². The first-order valence-corrected chi connectivity index (χ1v) is 7.43. The van der Waals surface area contributed by atoms with Crippen molar-refractivity contribution in [3.8, 4) is 0 Å². The molecule has 23 heavy (non-hydrogen) atoms. The van der Waals surface area contributed by atoms with Gasteiger partial charge in [0.2, 0.25) is 0 Å². The third-order valence-corrected chi connectivity index (χ3v) is 3.29. The summed E-state index contributed by atoms with van der Waals surface area (Å²) in [6.07, 6.45) is 1.54. The fourth-order valence-corrected chi connectivity index (χ4v) is 2.04. The quantitative estimate of drug-likeness (QED) is 0.749. The Morgan fingerprint density at radius 3 is 2.65 bits per heavy atom. The van der Waals surface area contributed by atoms with E-state index in [0.717, 1.165) is 5.56 Å². The zero-order valence-electron chi connectivity index (χ0n) is 12.9. The number of likely N-dealkylation sites (N-methyl/N-ethyl adjacent to an activating group) is 1. The number of amides is 1. The molecule has 2 aromatic rings. The van der Waals surface area contributed by atoms with Crippen molar-refractivity contribution in [3.05, 3.63) is 46.7 Å². The topological polar surface area (TPSA) is 77.3 Å². The molecule has 2 rings (SSSR count). The van der Waals surface area contributed by atoms with Crippen LogP contribution in [0.25, 0.3) is 0 Å². The Balaban J connectivity index is 1.99. The Morgan fingerprint density at radius 1 is 1.30 bits per heavy atom. The largest absolute Gasteiger partial charge is 0.465 e. The number of aromatic nitrogens is 3. The summed E-state index contributed by atoms with van der Waals surface area (Å²) >= 11 is 5.84. The van der Waals surface area contributed by atoms with E-state index in [0.29, 0.717) is 11.6 Å². The minimum atomic E-state index is -0.461. The van der Waals surface area contributed by atoms with E-state index >= 15 is 0 Å². The summed E-state index contributed by atoms with van der Waals surface area (Å²) in [5.41, 5.74) is 1.16. The number of benzene rings is 1. The van der Waals surface area contributed by atoms with Crippen molar-refractivity contribution in [1.82, 2.24) is 19.9 Å². The number of carbonyl (C=O) groups is 2. The zero-order chi connectivity index (χ0) is 16.8. The lowest BCUT2D eigenvalue weighted by Crippen LogP contribution is -2.33. The molecule has 8 heteroatoms. The summed E-state index contributed by atoms with van der Waals surface area (Å²) in [5.74, 6) is -0.850. The average Bonchev–Trinajstić information content (AvgIpc) is 2.97. The van der Waals surface area contributed by atoms with Crippen LogP contribution in [0.3, 0.4) is 0 Å². The van der Waals surface area contributed by atoms with Crippen LogP contribution >= 0.6 is 11.6 Å². The molecule has 1 amide bonds. The molecule has 0 aliphatic rings. The fraction of sp³-hybridized carbons (Fsp3) is 0.333. The summed E-state index contributed by atoms with van der Waals surface area (Å²) in [6.45, 7) is 2.33. The maximum absolute atomic E-state index is 12.2. The third kappa shape index (κ3) is 4.79. The number of halogens is 1. The van der Waals surface area contributed by atoms with Crippen LogP contribution in [0, 0.1) is 0 Å². The van der Waals surface area contributed by atoms with Crippen LogP contribution in [-0.4, -0.2) is 52.0 Å². The Hall–Kier alpha value is -2.41. The van der Waals surface area contributed by atoms with Gasteiger partial charge in [-0.05, 0) is 24.6 Å². The van der Waals surface area contributed by atoms with E-state index in [4.69, 9.17) is 16.3 Å². The minimum absolute atomic E-state index is 0.128. The lowest BCUT2D eigenvalue weighted by Gasteiger charge is -2.14. The first-order chi connectivity index (χ1) is 11.0. The highest BCUT2D eigenvalue weighted by Gasteiger charge is 2.18. The SMILES string of the molecule is CCOC(=O)CN(C)C(=O)c1cn(Cc2ccc(Cl)cc2)nn1. The van der Waals surface area contributed by atoms with Crippen LogP contribution in [0.2, 0.25) is 5.02 Å². The van der Waals surface area contributed by atoms with Crippen molar-refractivity contribution in [3.63, 3.8) is 0 Å². The molecule has 0 fully saturated rings. The average molecular weight is 337 g/mol. The number of rotatable bonds is 6. The van der Waals surface area contributed by atoms with Crippen LogP contribution in [0.1, 0.15) is 23.0 Å². The van der Waals surface area contributed by atoms with Crippen molar-refractivity contribution in [2.75, 3.05) is 20.2 Å². The molecule has 0 radical (unpaired) electrons. The standard InChI is InChI=1S/C15H17ClN4O3/c1-3-23-14(21)10-19(2)15(22)13-9-20(18-17-13)8-11-4-6-12(16)7-5-11/h4-7,9H,3,8,10H2,1-2H3. The van der Waals surface area contributed by atoms with Gasteiger partial charge in [-0.1, -0.05) is 28.9 Å². The molecule has 0 saturated carbocycles. The molecule has 0 atom stereocenters. The van der Waals surface area contributed by atoms with Crippen molar-refractivity contribution < 1.29 is 14.3 Å². The third-order valence-electron chi connectivity index (χ3n) is 3.03. The minimum Gasteiger partial charge on any atom is -0.465 e. The predicted octanol–water partition coefficient (Wildman–Crippen LogP) is 1.61. The molecule has 0 unspecified atom stereocenters. The van der Waals surface area contributed by atoms with Gasteiger partial charge in [0.25, 0.3) is 5.91 Å². The van der Waals surface area contributed by atoms with Crippen molar-refractivity contribution >= 4 is 23.5 Å². The van der Waals surface area contributed by atoms with Gasteiger partial charge in [-0.2, -0.15) is 0 Å². The highest BCUT2D eigenvalue weighted by atomic mass is 35.5. The fourth-order valence-electron chi connectivity index (χ4n) is 1.92. The van der Waals surface area contributed by atoms with E-state index in [1.807, 2.05) is 12.1 Å². The number of ether oxygens (including phenoxy) is 1. The van der Waals surface area contributed by atoms with E-state index in [9.17, 15) is 9.59 Å². The molecule has 0 aliphatic heterocycles. The zero-order valence-corrected chi connectivity index (χ0v) is 13.7. The normalized spacial score (nSPS) is 10.4. The Bertz CT molecular complexity index is 684. The molecule has 0 spiro atoms. The molecule has 0 bridgehead atoms. The number of carbonyl (C=O) groups excluding carboxylic acids is 2. The summed E-state index contributed by atoms with van der Waals surface area (Å²) in [5, 5.41) is 8.43. The van der Waals surface area contributed by atoms with Gasteiger partial charge in [-0.25, -0.2) is 4.68 Å². The number of hydrogen-bond donors (Lipinski definition) is 0. The van der Waals surface area contributed by atoms with Gasteiger partial charge < -0.3 is 9.64 Å². The maximum atomic E-state index is 12.2. The van der Waals surface area contributed by atoms with E-state index in [2.05, 4.69) is 10.3 Å². The lowest BCUT2D eigenvalue weighted by atomic mass is 10.2.